The minimum atomic E-state index is -0.0170. The van der Waals surface area contributed by atoms with E-state index in [-0.39, 0.29) is 11.9 Å². The summed E-state index contributed by atoms with van der Waals surface area (Å²) in [6.45, 7) is 0.571. The maximum absolute atomic E-state index is 12.7. The van der Waals surface area contributed by atoms with Crippen LogP contribution in [0.5, 0.6) is 0 Å². The summed E-state index contributed by atoms with van der Waals surface area (Å²) in [6.07, 6.45) is 0. The molecule has 0 aliphatic carbocycles. The first-order valence-electron chi connectivity index (χ1n) is 8.29. The molecule has 1 unspecified atom stereocenters. The predicted octanol–water partition coefficient (Wildman–Crippen LogP) is 4.45. The van der Waals surface area contributed by atoms with Crippen LogP contribution < -0.4 is 5.32 Å². The summed E-state index contributed by atoms with van der Waals surface area (Å²) in [7, 11) is 4.06. The number of thiophene rings is 1. The standard InChI is InChI=1S/C21H22N2OS/c1-23(2)19(17-11-7-4-8-12-17)15-22-21(24)20-18(13-14-25-20)16-9-5-3-6-10-16/h3-14,19H,15H2,1-2H3,(H,22,24). The van der Waals surface area contributed by atoms with Gasteiger partial charge in [-0.15, -0.1) is 11.3 Å². The number of hydrogen-bond donors (Lipinski definition) is 1. The van der Waals surface area contributed by atoms with Crippen LogP contribution in [0.15, 0.2) is 72.1 Å². The highest BCUT2D eigenvalue weighted by molar-refractivity contribution is 7.12. The molecule has 0 aliphatic rings. The number of rotatable bonds is 6. The predicted molar refractivity (Wildman–Crippen MR) is 105 cm³/mol. The summed E-state index contributed by atoms with van der Waals surface area (Å²) in [4.78, 5) is 15.6. The van der Waals surface area contributed by atoms with Crippen LogP contribution >= 0.6 is 11.3 Å². The third kappa shape index (κ3) is 4.16. The molecular weight excluding hydrogens is 328 g/mol. The average molecular weight is 350 g/mol. The zero-order chi connectivity index (χ0) is 17.6. The van der Waals surface area contributed by atoms with Crippen molar-refractivity contribution in [3.8, 4) is 11.1 Å². The minimum Gasteiger partial charge on any atom is -0.349 e. The molecule has 3 rings (SSSR count). The van der Waals surface area contributed by atoms with Crippen LogP contribution in [0.1, 0.15) is 21.3 Å². The van der Waals surface area contributed by atoms with Gasteiger partial charge in [-0.25, -0.2) is 0 Å². The lowest BCUT2D eigenvalue weighted by Crippen LogP contribution is -2.34. The monoisotopic (exact) mass is 350 g/mol. The van der Waals surface area contributed by atoms with Crippen LogP contribution in [-0.4, -0.2) is 31.4 Å². The summed E-state index contributed by atoms with van der Waals surface area (Å²) >= 11 is 1.48. The smallest absolute Gasteiger partial charge is 0.262 e. The number of benzene rings is 2. The van der Waals surface area contributed by atoms with Gasteiger partial charge in [0.2, 0.25) is 0 Å². The van der Waals surface area contributed by atoms with Gasteiger partial charge >= 0.3 is 0 Å². The highest BCUT2D eigenvalue weighted by Crippen LogP contribution is 2.28. The number of amides is 1. The summed E-state index contributed by atoms with van der Waals surface area (Å²) in [5, 5.41) is 5.08. The number of nitrogens with zero attached hydrogens (tertiary/aromatic N) is 1. The quantitative estimate of drug-likeness (QED) is 0.712. The van der Waals surface area contributed by atoms with Gasteiger partial charge in [-0.1, -0.05) is 60.7 Å². The maximum atomic E-state index is 12.7. The van der Waals surface area contributed by atoms with Crippen molar-refractivity contribution in [3.63, 3.8) is 0 Å². The van der Waals surface area contributed by atoms with Crippen molar-refractivity contribution in [3.05, 3.63) is 82.6 Å². The Balaban J connectivity index is 1.74. The van der Waals surface area contributed by atoms with Gasteiger partial charge in [0, 0.05) is 12.1 Å². The van der Waals surface area contributed by atoms with E-state index in [0.717, 1.165) is 16.0 Å². The molecule has 128 valence electrons. The topological polar surface area (TPSA) is 32.3 Å². The first-order chi connectivity index (χ1) is 12.2. The fourth-order valence-corrected chi connectivity index (χ4v) is 3.71. The fourth-order valence-electron chi connectivity index (χ4n) is 2.87. The largest absolute Gasteiger partial charge is 0.349 e. The van der Waals surface area contributed by atoms with Crippen LogP contribution in [0.2, 0.25) is 0 Å². The zero-order valence-electron chi connectivity index (χ0n) is 14.5. The van der Waals surface area contributed by atoms with Crippen LogP contribution in [0, 0.1) is 0 Å². The van der Waals surface area contributed by atoms with Gasteiger partial charge in [0.05, 0.1) is 10.9 Å². The maximum Gasteiger partial charge on any atom is 0.262 e. The van der Waals surface area contributed by atoms with E-state index in [1.807, 2.05) is 74.1 Å². The Bertz CT molecular complexity index is 812. The average Bonchev–Trinajstić information content (AvgIpc) is 3.13. The van der Waals surface area contributed by atoms with Gasteiger partial charge in [-0.2, -0.15) is 0 Å². The molecule has 25 heavy (non-hydrogen) atoms. The van der Waals surface area contributed by atoms with Crippen LogP contribution in [0.3, 0.4) is 0 Å². The van der Waals surface area contributed by atoms with Gasteiger partial charge in [0.25, 0.3) is 5.91 Å². The van der Waals surface area contributed by atoms with Crippen molar-refractivity contribution in [2.75, 3.05) is 20.6 Å². The lowest BCUT2D eigenvalue weighted by molar-refractivity contribution is 0.0946. The first-order valence-corrected chi connectivity index (χ1v) is 9.17. The van der Waals surface area contributed by atoms with Crippen LogP contribution in [0.25, 0.3) is 11.1 Å². The summed E-state index contributed by atoms with van der Waals surface area (Å²) < 4.78 is 0. The van der Waals surface area contributed by atoms with Gasteiger partial charge < -0.3 is 10.2 Å². The molecule has 4 heteroatoms. The number of likely N-dealkylation sites (N-methyl/N-ethyl adjacent to an activating group) is 1. The lowest BCUT2D eigenvalue weighted by Gasteiger charge is -2.25. The molecule has 1 heterocycles. The number of carbonyl (C=O) groups excluding carboxylic acids is 1. The van der Waals surface area contributed by atoms with Gasteiger partial charge in [0.1, 0.15) is 0 Å². The fraction of sp³-hybridized carbons (Fsp3) is 0.190. The minimum absolute atomic E-state index is 0.0170. The number of hydrogen-bond acceptors (Lipinski definition) is 3. The van der Waals surface area contributed by atoms with E-state index in [1.54, 1.807) is 0 Å². The lowest BCUT2D eigenvalue weighted by atomic mass is 10.1. The van der Waals surface area contributed by atoms with Crippen molar-refractivity contribution in [1.82, 2.24) is 10.2 Å². The molecular formula is C21H22N2OS. The molecule has 0 saturated carbocycles. The molecule has 1 atom stereocenters. The Kier molecular flexibility index (Phi) is 5.64. The SMILES string of the molecule is CN(C)C(CNC(=O)c1sccc1-c1ccccc1)c1ccccc1. The summed E-state index contributed by atoms with van der Waals surface area (Å²) in [5.41, 5.74) is 3.26. The van der Waals surface area contributed by atoms with E-state index in [2.05, 4.69) is 22.3 Å². The summed E-state index contributed by atoms with van der Waals surface area (Å²) in [6, 6.07) is 22.4. The molecule has 3 nitrogen and oxygen atoms in total. The Morgan fingerprint density at radius 3 is 2.28 bits per heavy atom. The highest BCUT2D eigenvalue weighted by atomic mass is 32.1. The second-order valence-electron chi connectivity index (χ2n) is 6.13. The number of nitrogens with one attached hydrogen (secondary N) is 1. The molecule has 0 fully saturated rings. The Labute approximate surface area is 152 Å². The molecule has 0 spiro atoms. The molecule has 1 amide bonds. The van der Waals surface area contributed by atoms with Crippen molar-refractivity contribution >= 4 is 17.2 Å². The van der Waals surface area contributed by atoms with Gasteiger partial charge in [-0.05, 0) is 36.7 Å². The van der Waals surface area contributed by atoms with E-state index >= 15 is 0 Å². The van der Waals surface area contributed by atoms with Crippen LogP contribution in [-0.2, 0) is 0 Å². The molecule has 0 radical (unpaired) electrons. The van der Waals surface area contributed by atoms with E-state index in [1.165, 1.54) is 16.9 Å². The normalized spacial score (nSPS) is 12.1. The molecule has 1 N–H and O–H groups in total. The Morgan fingerprint density at radius 2 is 1.64 bits per heavy atom. The zero-order valence-corrected chi connectivity index (χ0v) is 15.3. The number of carbonyl (C=O) groups is 1. The molecule has 2 aromatic carbocycles. The van der Waals surface area contributed by atoms with Crippen LogP contribution in [0.4, 0.5) is 0 Å². The van der Waals surface area contributed by atoms with Gasteiger partial charge in [0.15, 0.2) is 0 Å². The van der Waals surface area contributed by atoms with Crippen molar-refractivity contribution in [2.24, 2.45) is 0 Å². The molecule has 0 saturated heterocycles. The molecule has 1 aromatic heterocycles. The second kappa shape index (κ2) is 8.10. The van der Waals surface area contributed by atoms with E-state index in [0.29, 0.717) is 6.54 Å². The van der Waals surface area contributed by atoms with Crippen molar-refractivity contribution < 1.29 is 4.79 Å². The van der Waals surface area contributed by atoms with Gasteiger partial charge in [-0.3, -0.25) is 4.79 Å². The van der Waals surface area contributed by atoms with Crippen molar-refractivity contribution in [1.29, 1.82) is 0 Å². The molecule has 3 aromatic rings. The first kappa shape index (κ1) is 17.4. The van der Waals surface area contributed by atoms with E-state index < -0.39 is 0 Å². The Morgan fingerprint density at radius 1 is 1.00 bits per heavy atom. The van der Waals surface area contributed by atoms with Crippen molar-refractivity contribution in [2.45, 2.75) is 6.04 Å². The Hall–Kier alpha value is -2.43. The van der Waals surface area contributed by atoms with E-state index in [4.69, 9.17) is 0 Å². The third-order valence-electron chi connectivity index (χ3n) is 4.22. The van der Waals surface area contributed by atoms with E-state index in [9.17, 15) is 4.79 Å². The molecule has 0 aliphatic heterocycles. The second-order valence-corrected chi connectivity index (χ2v) is 7.05. The third-order valence-corrected chi connectivity index (χ3v) is 5.13. The summed E-state index contributed by atoms with van der Waals surface area (Å²) in [5.74, 6) is -0.0170. The highest BCUT2D eigenvalue weighted by Gasteiger charge is 2.18. The molecule has 0 bridgehead atoms.